The third-order valence-electron chi connectivity index (χ3n) is 3.69. The number of halogens is 1. The average molecular weight is 388 g/mol. The standard InChI is InChI=1S/C21H22ClNO4/c1-4-11-27-21-18(22)12-15(13-19(21)26-3)5-10-20(25)23-17-8-6-16(7-9-17)14(2)24/h5-10,12-13H,4,11H2,1-3H3,(H,23,25)/b10-5+. The smallest absolute Gasteiger partial charge is 0.248 e. The van der Waals surface area contributed by atoms with Gasteiger partial charge >= 0.3 is 0 Å². The molecule has 0 radical (unpaired) electrons. The molecule has 1 amide bonds. The summed E-state index contributed by atoms with van der Waals surface area (Å²) >= 11 is 6.27. The number of methoxy groups -OCH3 is 1. The summed E-state index contributed by atoms with van der Waals surface area (Å²) in [5, 5.41) is 3.15. The highest BCUT2D eigenvalue weighted by molar-refractivity contribution is 6.32. The van der Waals surface area contributed by atoms with Crippen LogP contribution >= 0.6 is 11.6 Å². The second kappa shape index (κ2) is 9.78. The van der Waals surface area contributed by atoms with Crippen molar-refractivity contribution in [3.8, 4) is 11.5 Å². The Balaban J connectivity index is 2.08. The van der Waals surface area contributed by atoms with E-state index in [0.29, 0.717) is 39.9 Å². The molecule has 2 aromatic rings. The highest BCUT2D eigenvalue weighted by atomic mass is 35.5. The molecule has 142 valence electrons. The minimum atomic E-state index is -0.299. The Kier molecular flexibility index (Phi) is 7.44. The number of benzene rings is 2. The van der Waals surface area contributed by atoms with Crippen molar-refractivity contribution in [2.45, 2.75) is 20.3 Å². The lowest BCUT2D eigenvalue weighted by atomic mass is 10.1. The molecule has 2 rings (SSSR count). The van der Waals surface area contributed by atoms with Gasteiger partial charge in [-0.1, -0.05) is 18.5 Å². The monoisotopic (exact) mass is 387 g/mol. The maximum atomic E-state index is 12.1. The molecule has 27 heavy (non-hydrogen) atoms. The summed E-state index contributed by atoms with van der Waals surface area (Å²) in [6.45, 7) is 4.04. The predicted octanol–water partition coefficient (Wildman–Crippen LogP) is 4.99. The van der Waals surface area contributed by atoms with Crippen molar-refractivity contribution >= 4 is 35.1 Å². The van der Waals surface area contributed by atoms with Gasteiger partial charge in [-0.2, -0.15) is 0 Å². The van der Waals surface area contributed by atoms with E-state index in [2.05, 4.69) is 5.32 Å². The second-order valence-electron chi connectivity index (χ2n) is 5.84. The SMILES string of the molecule is CCCOc1c(Cl)cc(/C=C/C(=O)Nc2ccc(C(C)=O)cc2)cc1OC. The third kappa shape index (κ3) is 5.86. The lowest BCUT2D eigenvalue weighted by molar-refractivity contribution is -0.111. The van der Waals surface area contributed by atoms with E-state index in [9.17, 15) is 9.59 Å². The van der Waals surface area contributed by atoms with E-state index >= 15 is 0 Å². The Morgan fingerprint density at radius 3 is 2.48 bits per heavy atom. The minimum absolute atomic E-state index is 0.0232. The number of carbonyl (C=O) groups excluding carboxylic acids is 2. The first-order chi connectivity index (χ1) is 12.9. The fourth-order valence-electron chi connectivity index (χ4n) is 2.32. The lowest BCUT2D eigenvalue weighted by Gasteiger charge is -2.12. The van der Waals surface area contributed by atoms with Gasteiger partial charge in [0.1, 0.15) is 0 Å². The van der Waals surface area contributed by atoms with E-state index in [0.717, 1.165) is 6.42 Å². The zero-order valence-electron chi connectivity index (χ0n) is 15.5. The van der Waals surface area contributed by atoms with Crippen LogP contribution in [0.5, 0.6) is 11.5 Å². The molecule has 2 aromatic carbocycles. The zero-order valence-corrected chi connectivity index (χ0v) is 16.3. The molecule has 5 nitrogen and oxygen atoms in total. The number of hydrogen-bond acceptors (Lipinski definition) is 4. The number of rotatable bonds is 8. The van der Waals surface area contributed by atoms with Crippen molar-refractivity contribution in [1.29, 1.82) is 0 Å². The number of ether oxygens (including phenoxy) is 2. The molecule has 6 heteroatoms. The van der Waals surface area contributed by atoms with Crippen LogP contribution in [0, 0.1) is 0 Å². The molecule has 0 aromatic heterocycles. The van der Waals surface area contributed by atoms with Crippen LogP contribution in [0.1, 0.15) is 36.2 Å². The average Bonchev–Trinajstić information content (AvgIpc) is 2.65. The van der Waals surface area contributed by atoms with Crippen molar-refractivity contribution < 1.29 is 19.1 Å². The van der Waals surface area contributed by atoms with Crippen molar-refractivity contribution in [2.75, 3.05) is 19.0 Å². The van der Waals surface area contributed by atoms with Crippen LogP contribution < -0.4 is 14.8 Å². The topological polar surface area (TPSA) is 64.6 Å². The molecule has 0 heterocycles. The number of hydrogen-bond donors (Lipinski definition) is 1. The van der Waals surface area contributed by atoms with E-state index in [1.165, 1.54) is 20.1 Å². The van der Waals surface area contributed by atoms with Crippen LogP contribution in [0.25, 0.3) is 6.08 Å². The van der Waals surface area contributed by atoms with Gasteiger partial charge < -0.3 is 14.8 Å². The molecular formula is C21H22ClNO4. The molecule has 0 spiro atoms. The van der Waals surface area contributed by atoms with E-state index in [1.807, 2.05) is 6.92 Å². The Morgan fingerprint density at radius 2 is 1.89 bits per heavy atom. The first kappa shape index (κ1) is 20.5. The summed E-state index contributed by atoms with van der Waals surface area (Å²) in [6, 6.07) is 10.2. The van der Waals surface area contributed by atoms with Crippen molar-refractivity contribution in [1.82, 2.24) is 0 Å². The Hall–Kier alpha value is -2.79. The summed E-state index contributed by atoms with van der Waals surface area (Å²) in [5.74, 6) is 0.681. The summed E-state index contributed by atoms with van der Waals surface area (Å²) in [6.07, 6.45) is 3.89. The normalized spacial score (nSPS) is 10.7. The largest absolute Gasteiger partial charge is 0.493 e. The van der Waals surface area contributed by atoms with Crippen LogP contribution in [-0.4, -0.2) is 25.4 Å². The minimum Gasteiger partial charge on any atom is -0.493 e. The summed E-state index contributed by atoms with van der Waals surface area (Å²) in [7, 11) is 1.54. The Labute approximate surface area is 163 Å². The number of Topliss-reactive ketones (excluding diaryl/α,β-unsaturated/α-hetero) is 1. The number of ketones is 1. The molecule has 0 aliphatic rings. The van der Waals surface area contributed by atoms with Gasteiger partial charge in [0.2, 0.25) is 5.91 Å². The van der Waals surface area contributed by atoms with Gasteiger partial charge in [0.05, 0.1) is 18.7 Å². The van der Waals surface area contributed by atoms with Gasteiger partial charge in [0.15, 0.2) is 17.3 Å². The molecule has 0 fully saturated rings. The number of nitrogens with one attached hydrogen (secondary N) is 1. The fourth-order valence-corrected chi connectivity index (χ4v) is 2.60. The molecular weight excluding hydrogens is 366 g/mol. The Morgan fingerprint density at radius 1 is 1.19 bits per heavy atom. The van der Waals surface area contributed by atoms with Gasteiger partial charge in [-0.05, 0) is 61.4 Å². The Bertz CT molecular complexity index is 844. The first-order valence-corrected chi connectivity index (χ1v) is 8.92. The number of anilines is 1. The molecule has 0 aliphatic heterocycles. The van der Waals surface area contributed by atoms with Crippen LogP contribution in [0.3, 0.4) is 0 Å². The molecule has 0 bridgehead atoms. The van der Waals surface area contributed by atoms with Crippen LogP contribution in [-0.2, 0) is 4.79 Å². The maximum absolute atomic E-state index is 12.1. The van der Waals surface area contributed by atoms with E-state index in [4.69, 9.17) is 21.1 Å². The highest BCUT2D eigenvalue weighted by Gasteiger charge is 2.11. The maximum Gasteiger partial charge on any atom is 0.248 e. The quantitative estimate of drug-likeness (QED) is 0.511. The van der Waals surface area contributed by atoms with E-state index < -0.39 is 0 Å². The zero-order chi connectivity index (χ0) is 19.8. The predicted molar refractivity (Wildman–Crippen MR) is 108 cm³/mol. The van der Waals surface area contributed by atoms with Gasteiger partial charge in [-0.3, -0.25) is 9.59 Å². The van der Waals surface area contributed by atoms with Crippen LogP contribution in [0.2, 0.25) is 5.02 Å². The molecule has 0 saturated carbocycles. The van der Waals surface area contributed by atoms with Crippen LogP contribution in [0.4, 0.5) is 5.69 Å². The summed E-state index contributed by atoms with van der Waals surface area (Å²) in [4.78, 5) is 23.4. The van der Waals surface area contributed by atoms with Crippen molar-refractivity contribution in [3.63, 3.8) is 0 Å². The molecule has 0 aliphatic carbocycles. The summed E-state index contributed by atoms with van der Waals surface area (Å²) in [5.41, 5.74) is 1.91. The highest BCUT2D eigenvalue weighted by Crippen LogP contribution is 2.36. The molecule has 0 unspecified atom stereocenters. The molecule has 0 atom stereocenters. The lowest BCUT2D eigenvalue weighted by Crippen LogP contribution is -2.07. The van der Waals surface area contributed by atoms with Crippen LogP contribution in [0.15, 0.2) is 42.5 Å². The third-order valence-corrected chi connectivity index (χ3v) is 3.97. The van der Waals surface area contributed by atoms with E-state index in [1.54, 1.807) is 42.5 Å². The van der Waals surface area contributed by atoms with Gasteiger partial charge in [0.25, 0.3) is 0 Å². The molecule has 0 saturated heterocycles. The number of amides is 1. The second-order valence-corrected chi connectivity index (χ2v) is 6.25. The van der Waals surface area contributed by atoms with Crippen molar-refractivity contribution in [2.24, 2.45) is 0 Å². The van der Waals surface area contributed by atoms with Gasteiger partial charge in [0, 0.05) is 17.3 Å². The summed E-state index contributed by atoms with van der Waals surface area (Å²) < 4.78 is 10.9. The van der Waals surface area contributed by atoms with Gasteiger partial charge in [-0.25, -0.2) is 0 Å². The first-order valence-electron chi connectivity index (χ1n) is 8.55. The van der Waals surface area contributed by atoms with Crippen molar-refractivity contribution in [3.05, 3.63) is 58.6 Å². The fraction of sp³-hybridized carbons (Fsp3) is 0.238. The van der Waals surface area contributed by atoms with Gasteiger partial charge in [-0.15, -0.1) is 0 Å². The molecule has 1 N–H and O–H groups in total. The number of carbonyl (C=O) groups is 2. The van der Waals surface area contributed by atoms with E-state index in [-0.39, 0.29) is 11.7 Å².